The number of fused-ring (bicyclic) bond motifs is 1. The predicted octanol–water partition coefficient (Wildman–Crippen LogP) is 2.52. The lowest BCUT2D eigenvalue weighted by Gasteiger charge is -2.26. The smallest absolute Gasteiger partial charge is 0.275 e. The number of hydrogen-bond donors (Lipinski definition) is 2. The molecule has 2 aliphatic rings. The number of aromatic amines is 1. The van der Waals surface area contributed by atoms with E-state index >= 15 is 0 Å². The molecule has 0 radical (unpaired) electrons. The molecule has 26 heavy (non-hydrogen) atoms. The molecule has 3 heterocycles. The van der Waals surface area contributed by atoms with Crippen LogP contribution in [0.1, 0.15) is 46.2 Å². The van der Waals surface area contributed by atoms with E-state index in [2.05, 4.69) is 44.7 Å². The molecule has 1 fully saturated rings. The topological polar surface area (TPSA) is 64.3 Å². The lowest BCUT2D eigenvalue weighted by atomic mass is 10.0. The van der Waals surface area contributed by atoms with Gasteiger partial charge < -0.3 is 15.1 Å². The van der Waals surface area contributed by atoms with Gasteiger partial charge in [0.1, 0.15) is 0 Å². The lowest BCUT2D eigenvalue weighted by molar-refractivity contribution is 0.0728. The highest BCUT2D eigenvalue weighted by Crippen LogP contribution is 2.35. The fourth-order valence-corrected chi connectivity index (χ4v) is 3.90. The van der Waals surface area contributed by atoms with Crippen LogP contribution in [0.25, 0.3) is 0 Å². The van der Waals surface area contributed by atoms with Gasteiger partial charge in [0, 0.05) is 57.1 Å². The van der Waals surface area contributed by atoms with Gasteiger partial charge >= 0.3 is 0 Å². The Balaban J connectivity index is 0.00000196. The molecule has 2 aromatic rings. The van der Waals surface area contributed by atoms with Gasteiger partial charge in [-0.3, -0.25) is 9.89 Å². The first kappa shape index (κ1) is 18.7. The standard InChI is InChI=1S/C19H25N5O.ClH/c1-23(2)14-6-3-5-13(11-14)17-7-4-10-24(17)19(25)18-15-12-20-9-8-16(15)21-22-18;/h3,5-6,11,17,20H,4,7-10,12H2,1-2H3,(H,21,22);1H. The van der Waals surface area contributed by atoms with Crippen molar-refractivity contribution in [3.8, 4) is 0 Å². The number of likely N-dealkylation sites (tertiary alicyclic amines) is 1. The Labute approximate surface area is 160 Å². The van der Waals surface area contributed by atoms with Crippen LogP contribution in [0, 0.1) is 0 Å². The van der Waals surface area contributed by atoms with Crippen molar-refractivity contribution in [2.45, 2.75) is 31.8 Å². The molecular weight excluding hydrogens is 350 g/mol. The van der Waals surface area contributed by atoms with E-state index in [0.29, 0.717) is 5.69 Å². The van der Waals surface area contributed by atoms with E-state index in [1.165, 1.54) is 5.56 Å². The number of anilines is 1. The molecule has 1 saturated heterocycles. The highest BCUT2D eigenvalue weighted by Gasteiger charge is 2.34. The van der Waals surface area contributed by atoms with Gasteiger partial charge in [0.05, 0.1) is 6.04 Å². The summed E-state index contributed by atoms with van der Waals surface area (Å²) in [7, 11) is 4.08. The Morgan fingerprint density at radius 3 is 3.00 bits per heavy atom. The second-order valence-corrected chi connectivity index (χ2v) is 7.10. The minimum atomic E-state index is 0. The molecule has 2 aliphatic heterocycles. The minimum Gasteiger partial charge on any atom is -0.378 e. The summed E-state index contributed by atoms with van der Waals surface area (Å²) in [5, 5.41) is 10.8. The zero-order valence-corrected chi connectivity index (χ0v) is 16.1. The molecule has 2 N–H and O–H groups in total. The maximum Gasteiger partial charge on any atom is 0.275 e. The summed E-state index contributed by atoms with van der Waals surface area (Å²) >= 11 is 0. The Hall–Kier alpha value is -2.05. The molecule has 1 atom stereocenters. The van der Waals surface area contributed by atoms with Crippen LogP contribution in [0.5, 0.6) is 0 Å². The van der Waals surface area contributed by atoms with Crippen molar-refractivity contribution < 1.29 is 4.79 Å². The fourth-order valence-electron chi connectivity index (χ4n) is 3.90. The van der Waals surface area contributed by atoms with Gasteiger partial charge in [-0.2, -0.15) is 5.10 Å². The van der Waals surface area contributed by atoms with Crippen LogP contribution in [0.4, 0.5) is 5.69 Å². The molecule has 6 nitrogen and oxygen atoms in total. The first-order valence-corrected chi connectivity index (χ1v) is 9.00. The van der Waals surface area contributed by atoms with E-state index in [1.807, 2.05) is 19.0 Å². The van der Waals surface area contributed by atoms with Crippen LogP contribution in [0.15, 0.2) is 24.3 Å². The molecule has 140 valence electrons. The van der Waals surface area contributed by atoms with Crippen LogP contribution >= 0.6 is 12.4 Å². The zero-order valence-electron chi connectivity index (χ0n) is 15.3. The molecule has 1 aromatic heterocycles. The van der Waals surface area contributed by atoms with Crippen molar-refractivity contribution in [3.05, 3.63) is 46.8 Å². The molecule has 1 aromatic carbocycles. The number of nitrogens with zero attached hydrogens (tertiary/aromatic N) is 3. The second kappa shape index (κ2) is 7.68. The monoisotopic (exact) mass is 375 g/mol. The van der Waals surface area contributed by atoms with Gasteiger partial charge in [-0.1, -0.05) is 12.1 Å². The number of halogens is 1. The summed E-state index contributed by atoms with van der Waals surface area (Å²) in [4.78, 5) is 17.3. The third kappa shape index (κ3) is 3.31. The van der Waals surface area contributed by atoms with Crippen LogP contribution in [0.2, 0.25) is 0 Å². The van der Waals surface area contributed by atoms with E-state index in [0.717, 1.165) is 55.8 Å². The number of H-pyrrole nitrogens is 1. The highest BCUT2D eigenvalue weighted by atomic mass is 35.5. The maximum atomic E-state index is 13.2. The van der Waals surface area contributed by atoms with Crippen molar-refractivity contribution in [2.24, 2.45) is 0 Å². The van der Waals surface area contributed by atoms with Crippen molar-refractivity contribution in [3.63, 3.8) is 0 Å². The predicted molar refractivity (Wildman–Crippen MR) is 105 cm³/mol. The minimum absolute atomic E-state index is 0. The van der Waals surface area contributed by atoms with E-state index in [1.54, 1.807) is 0 Å². The van der Waals surface area contributed by atoms with Crippen LogP contribution in [0.3, 0.4) is 0 Å². The van der Waals surface area contributed by atoms with Crippen molar-refractivity contribution in [2.75, 3.05) is 32.1 Å². The fraction of sp³-hybridized carbons (Fsp3) is 0.474. The number of amides is 1. The molecule has 0 saturated carbocycles. The summed E-state index contributed by atoms with van der Waals surface area (Å²) in [5.41, 5.74) is 5.12. The van der Waals surface area contributed by atoms with E-state index in [4.69, 9.17) is 0 Å². The molecule has 0 aliphatic carbocycles. The Morgan fingerprint density at radius 2 is 2.19 bits per heavy atom. The molecule has 4 rings (SSSR count). The Bertz CT molecular complexity index is 788. The van der Waals surface area contributed by atoms with E-state index in [9.17, 15) is 4.79 Å². The summed E-state index contributed by atoms with van der Waals surface area (Å²) < 4.78 is 0. The number of benzene rings is 1. The number of hydrogen-bond acceptors (Lipinski definition) is 4. The number of carbonyl (C=O) groups is 1. The number of carbonyl (C=O) groups excluding carboxylic acids is 1. The Morgan fingerprint density at radius 1 is 1.35 bits per heavy atom. The van der Waals surface area contributed by atoms with Gasteiger partial charge in [0.25, 0.3) is 5.91 Å². The maximum absolute atomic E-state index is 13.2. The van der Waals surface area contributed by atoms with Crippen molar-refractivity contribution in [1.29, 1.82) is 0 Å². The van der Waals surface area contributed by atoms with Crippen LogP contribution in [-0.4, -0.2) is 48.2 Å². The van der Waals surface area contributed by atoms with Crippen molar-refractivity contribution in [1.82, 2.24) is 20.4 Å². The van der Waals surface area contributed by atoms with Gasteiger partial charge in [-0.05, 0) is 30.5 Å². The first-order chi connectivity index (χ1) is 12.1. The number of rotatable bonds is 3. The SMILES string of the molecule is CN(C)c1cccc(C2CCCN2C(=O)c2n[nH]c3c2CNCC3)c1.Cl. The molecule has 0 spiro atoms. The first-order valence-electron chi connectivity index (χ1n) is 9.00. The van der Waals surface area contributed by atoms with Crippen LogP contribution < -0.4 is 10.2 Å². The molecule has 0 bridgehead atoms. The second-order valence-electron chi connectivity index (χ2n) is 7.10. The summed E-state index contributed by atoms with van der Waals surface area (Å²) in [6.07, 6.45) is 2.95. The van der Waals surface area contributed by atoms with Gasteiger partial charge in [0.15, 0.2) is 5.69 Å². The molecular formula is C19H26ClN5O. The quantitative estimate of drug-likeness (QED) is 0.865. The van der Waals surface area contributed by atoms with E-state index < -0.39 is 0 Å². The average molecular weight is 376 g/mol. The van der Waals surface area contributed by atoms with Crippen LogP contribution in [-0.2, 0) is 13.0 Å². The lowest BCUT2D eigenvalue weighted by Crippen LogP contribution is -2.33. The summed E-state index contributed by atoms with van der Waals surface area (Å²) in [6.45, 7) is 2.46. The van der Waals surface area contributed by atoms with Gasteiger partial charge in [-0.15, -0.1) is 12.4 Å². The van der Waals surface area contributed by atoms with Gasteiger partial charge in [-0.25, -0.2) is 0 Å². The third-order valence-corrected chi connectivity index (χ3v) is 5.29. The zero-order chi connectivity index (χ0) is 17.4. The number of aromatic nitrogens is 2. The van der Waals surface area contributed by atoms with Crippen molar-refractivity contribution >= 4 is 24.0 Å². The Kier molecular flexibility index (Phi) is 5.53. The molecule has 1 amide bonds. The summed E-state index contributed by atoms with van der Waals surface area (Å²) in [5.74, 6) is 0.0546. The normalized spacial score (nSPS) is 19.0. The molecule has 1 unspecified atom stereocenters. The number of nitrogens with one attached hydrogen (secondary N) is 2. The third-order valence-electron chi connectivity index (χ3n) is 5.29. The summed E-state index contributed by atoms with van der Waals surface area (Å²) in [6, 6.07) is 8.63. The van der Waals surface area contributed by atoms with E-state index in [-0.39, 0.29) is 24.4 Å². The van der Waals surface area contributed by atoms with Gasteiger partial charge in [0.2, 0.25) is 0 Å². The molecule has 7 heteroatoms. The average Bonchev–Trinajstić information content (AvgIpc) is 3.28. The largest absolute Gasteiger partial charge is 0.378 e. The highest BCUT2D eigenvalue weighted by molar-refractivity contribution is 5.94.